The molecule has 0 radical (unpaired) electrons. The topological polar surface area (TPSA) is 75.3 Å². The molecule has 0 aromatic heterocycles. The average Bonchev–Trinajstić information content (AvgIpc) is 2.55. The van der Waals surface area contributed by atoms with Crippen molar-refractivity contribution in [3.8, 4) is 0 Å². The number of hydrogen-bond donors (Lipinski definition) is 2. The molecular formula is C22H30N2O3S. The highest BCUT2D eigenvalue weighted by atomic mass is 32.2. The lowest BCUT2D eigenvalue weighted by molar-refractivity contribution is -0.121. The molecular weight excluding hydrogens is 372 g/mol. The Kier molecular flexibility index (Phi) is 7.01. The van der Waals surface area contributed by atoms with Gasteiger partial charge in [0.1, 0.15) is 0 Å². The minimum Gasteiger partial charge on any atom is -0.350 e. The van der Waals surface area contributed by atoms with Crippen LogP contribution in [0.1, 0.15) is 52.8 Å². The molecule has 0 saturated carbocycles. The van der Waals surface area contributed by atoms with E-state index in [1.165, 1.54) is 0 Å². The largest absolute Gasteiger partial charge is 0.350 e. The van der Waals surface area contributed by atoms with E-state index in [-0.39, 0.29) is 24.9 Å². The van der Waals surface area contributed by atoms with Gasteiger partial charge in [0.05, 0.1) is 10.9 Å². The summed E-state index contributed by atoms with van der Waals surface area (Å²) >= 11 is 0. The Balaban J connectivity index is 1.97. The molecule has 0 spiro atoms. The fourth-order valence-electron chi connectivity index (χ4n) is 3.58. The van der Waals surface area contributed by atoms with Crippen LogP contribution in [0.15, 0.2) is 35.2 Å². The molecule has 0 aliphatic rings. The Morgan fingerprint density at radius 1 is 0.929 bits per heavy atom. The molecule has 2 aromatic rings. The molecule has 1 unspecified atom stereocenters. The molecule has 2 rings (SSSR count). The number of carbonyl (C=O) groups excluding carboxylic acids is 1. The van der Waals surface area contributed by atoms with Gasteiger partial charge in [0.25, 0.3) is 0 Å². The van der Waals surface area contributed by atoms with Gasteiger partial charge in [-0.3, -0.25) is 4.79 Å². The molecule has 1 atom stereocenters. The standard InChI is InChI=1S/C22H30N2O3S/c1-14-7-8-16(3)20(13-14)19(6)24-21(25)9-10-23-28(26,27)22-17(4)11-15(2)12-18(22)5/h7-8,11-13,19,23H,9-10H2,1-6H3,(H,24,25). The van der Waals surface area contributed by atoms with E-state index in [2.05, 4.69) is 16.1 Å². The fourth-order valence-corrected chi connectivity index (χ4v) is 5.06. The zero-order valence-corrected chi connectivity index (χ0v) is 18.3. The Morgan fingerprint density at radius 3 is 2.14 bits per heavy atom. The van der Waals surface area contributed by atoms with Crippen LogP contribution in [0.3, 0.4) is 0 Å². The molecule has 2 N–H and O–H groups in total. The lowest BCUT2D eigenvalue weighted by atomic mass is 10.00. The van der Waals surface area contributed by atoms with Crippen molar-refractivity contribution < 1.29 is 13.2 Å². The van der Waals surface area contributed by atoms with Crippen molar-refractivity contribution in [3.05, 3.63) is 63.7 Å². The zero-order valence-electron chi connectivity index (χ0n) is 17.5. The molecule has 5 nitrogen and oxygen atoms in total. The third-order valence-corrected chi connectivity index (χ3v) is 6.56. The summed E-state index contributed by atoms with van der Waals surface area (Å²) in [6.07, 6.45) is 0.0817. The summed E-state index contributed by atoms with van der Waals surface area (Å²) in [5, 5.41) is 2.95. The summed E-state index contributed by atoms with van der Waals surface area (Å²) < 4.78 is 27.9. The van der Waals surface area contributed by atoms with Gasteiger partial charge in [-0.2, -0.15) is 0 Å². The van der Waals surface area contributed by atoms with Gasteiger partial charge in [0.2, 0.25) is 15.9 Å². The molecule has 0 heterocycles. The van der Waals surface area contributed by atoms with Crippen molar-refractivity contribution in [2.45, 2.75) is 58.9 Å². The minimum absolute atomic E-state index is 0.0560. The fraction of sp³-hybridized carbons (Fsp3) is 0.409. The van der Waals surface area contributed by atoms with E-state index in [0.717, 1.165) is 22.3 Å². The number of rotatable bonds is 7. The van der Waals surface area contributed by atoms with Crippen LogP contribution in [0.5, 0.6) is 0 Å². The van der Waals surface area contributed by atoms with Crippen molar-refractivity contribution in [1.82, 2.24) is 10.0 Å². The molecule has 0 saturated heterocycles. The van der Waals surface area contributed by atoms with Crippen molar-refractivity contribution in [2.24, 2.45) is 0 Å². The monoisotopic (exact) mass is 402 g/mol. The van der Waals surface area contributed by atoms with Crippen LogP contribution in [0.2, 0.25) is 0 Å². The quantitative estimate of drug-likeness (QED) is 0.740. The second-order valence-corrected chi connectivity index (χ2v) is 9.23. The summed E-state index contributed by atoms with van der Waals surface area (Å²) in [4.78, 5) is 12.6. The van der Waals surface area contributed by atoms with Crippen LogP contribution >= 0.6 is 0 Å². The molecule has 0 aliphatic heterocycles. The molecule has 28 heavy (non-hydrogen) atoms. The van der Waals surface area contributed by atoms with Crippen LogP contribution in [-0.2, 0) is 14.8 Å². The van der Waals surface area contributed by atoms with E-state index >= 15 is 0 Å². The number of benzene rings is 2. The smallest absolute Gasteiger partial charge is 0.241 e. The zero-order chi connectivity index (χ0) is 21.1. The highest BCUT2D eigenvalue weighted by Crippen LogP contribution is 2.22. The first-order chi connectivity index (χ1) is 13.0. The molecule has 2 aromatic carbocycles. The second kappa shape index (κ2) is 8.88. The second-order valence-electron chi connectivity index (χ2n) is 7.52. The van der Waals surface area contributed by atoms with Crippen LogP contribution < -0.4 is 10.0 Å². The van der Waals surface area contributed by atoms with E-state index < -0.39 is 10.0 Å². The molecule has 0 aliphatic carbocycles. The summed E-state index contributed by atoms with van der Waals surface area (Å²) in [7, 11) is -3.66. The lowest BCUT2D eigenvalue weighted by Gasteiger charge is -2.18. The van der Waals surface area contributed by atoms with E-state index in [0.29, 0.717) is 16.0 Å². The number of sulfonamides is 1. The molecule has 6 heteroatoms. The Morgan fingerprint density at radius 2 is 1.54 bits per heavy atom. The summed E-state index contributed by atoms with van der Waals surface area (Å²) in [5.74, 6) is -0.187. The maximum Gasteiger partial charge on any atom is 0.241 e. The van der Waals surface area contributed by atoms with Gasteiger partial charge in [-0.25, -0.2) is 13.1 Å². The highest BCUT2D eigenvalue weighted by Gasteiger charge is 2.20. The Hall–Kier alpha value is -2.18. The maximum atomic E-state index is 12.6. The van der Waals surface area contributed by atoms with E-state index in [1.54, 1.807) is 13.8 Å². The molecule has 0 bridgehead atoms. The van der Waals surface area contributed by atoms with Gasteiger partial charge >= 0.3 is 0 Å². The van der Waals surface area contributed by atoms with Crippen molar-refractivity contribution in [3.63, 3.8) is 0 Å². The average molecular weight is 403 g/mol. The Bertz CT molecular complexity index is 958. The van der Waals surface area contributed by atoms with Crippen LogP contribution in [-0.4, -0.2) is 20.9 Å². The number of hydrogen-bond acceptors (Lipinski definition) is 3. The first kappa shape index (κ1) is 22.1. The van der Waals surface area contributed by atoms with Crippen molar-refractivity contribution in [1.29, 1.82) is 0 Å². The molecule has 0 fully saturated rings. The van der Waals surface area contributed by atoms with Gasteiger partial charge < -0.3 is 5.32 Å². The van der Waals surface area contributed by atoms with Crippen LogP contribution in [0, 0.1) is 34.6 Å². The number of nitrogens with one attached hydrogen (secondary N) is 2. The minimum atomic E-state index is -3.66. The summed E-state index contributed by atoms with van der Waals surface area (Å²) in [6, 6.07) is 9.70. The van der Waals surface area contributed by atoms with Gasteiger partial charge in [0, 0.05) is 13.0 Å². The number of carbonyl (C=O) groups is 1. The molecule has 1 amide bonds. The Labute approximate surface area is 168 Å². The van der Waals surface area contributed by atoms with Crippen LogP contribution in [0.25, 0.3) is 0 Å². The van der Waals surface area contributed by atoms with Gasteiger partial charge in [0.15, 0.2) is 0 Å². The lowest BCUT2D eigenvalue weighted by Crippen LogP contribution is -2.32. The van der Waals surface area contributed by atoms with Crippen LogP contribution in [0.4, 0.5) is 0 Å². The third-order valence-electron chi connectivity index (χ3n) is 4.80. The number of amides is 1. The van der Waals surface area contributed by atoms with Crippen molar-refractivity contribution in [2.75, 3.05) is 6.54 Å². The first-order valence-electron chi connectivity index (χ1n) is 9.45. The van der Waals surface area contributed by atoms with E-state index in [1.807, 2.05) is 52.0 Å². The van der Waals surface area contributed by atoms with E-state index in [9.17, 15) is 13.2 Å². The predicted octanol–water partition coefficient (Wildman–Crippen LogP) is 3.77. The summed E-state index contributed by atoms with van der Waals surface area (Å²) in [5.41, 5.74) is 5.76. The van der Waals surface area contributed by atoms with Gasteiger partial charge in [-0.05, 0) is 63.8 Å². The summed E-state index contributed by atoms with van der Waals surface area (Å²) in [6.45, 7) is 11.5. The SMILES string of the molecule is Cc1cc(C)c(S(=O)(=O)NCCC(=O)NC(C)c2cc(C)ccc2C)c(C)c1. The highest BCUT2D eigenvalue weighted by molar-refractivity contribution is 7.89. The van der Waals surface area contributed by atoms with Gasteiger partial charge in [-0.15, -0.1) is 0 Å². The number of aryl methyl sites for hydroxylation is 5. The predicted molar refractivity (Wildman–Crippen MR) is 113 cm³/mol. The first-order valence-corrected chi connectivity index (χ1v) is 10.9. The maximum absolute atomic E-state index is 12.6. The third kappa shape index (κ3) is 5.42. The normalized spacial score (nSPS) is 12.6. The van der Waals surface area contributed by atoms with E-state index in [4.69, 9.17) is 0 Å². The van der Waals surface area contributed by atoms with Crippen molar-refractivity contribution >= 4 is 15.9 Å². The van der Waals surface area contributed by atoms with Gasteiger partial charge in [-0.1, -0.05) is 41.5 Å². The molecule has 152 valence electrons.